The number of esters is 1. The van der Waals surface area contributed by atoms with Gasteiger partial charge in [-0.3, -0.25) is 14.5 Å². The standard InChI is InChI=1S/C19H15FN2O4/c20-11-5-7-12(8-6-11)21-17(24)15-9-10-16(23)22(15)18-13-3-1-2-4-14(13)19(25)26-18/h1-8,15,18H,9-10H2,(H,21,24). The molecular formula is C19H15FN2O4. The van der Waals surface area contributed by atoms with Crippen molar-refractivity contribution in [3.05, 3.63) is 65.5 Å². The first-order valence-electron chi connectivity index (χ1n) is 8.22. The van der Waals surface area contributed by atoms with Crippen LogP contribution in [-0.2, 0) is 14.3 Å². The number of cyclic esters (lactones) is 1. The Kier molecular flexibility index (Phi) is 3.91. The molecule has 2 aromatic rings. The maximum Gasteiger partial charge on any atom is 0.340 e. The summed E-state index contributed by atoms with van der Waals surface area (Å²) in [5.74, 6) is -1.57. The van der Waals surface area contributed by atoms with E-state index in [1.54, 1.807) is 24.3 Å². The third kappa shape index (κ3) is 2.71. The van der Waals surface area contributed by atoms with Gasteiger partial charge in [0.25, 0.3) is 0 Å². The van der Waals surface area contributed by atoms with Gasteiger partial charge in [0.1, 0.15) is 11.9 Å². The van der Waals surface area contributed by atoms with E-state index < -0.39 is 30.0 Å². The van der Waals surface area contributed by atoms with Crippen molar-refractivity contribution in [2.45, 2.75) is 25.1 Å². The van der Waals surface area contributed by atoms with Gasteiger partial charge >= 0.3 is 5.97 Å². The highest BCUT2D eigenvalue weighted by atomic mass is 19.1. The van der Waals surface area contributed by atoms with Crippen LogP contribution in [0.15, 0.2) is 48.5 Å². The first-order chi connectivity index (χ1) is 12.5. The molecule has 2 aliphatic heterocycles. The number of rotatable bonds is 3. The summed E-state index contributed by atoms with van der Waals surface area (Å²) >= 11 is 0. The zero-order valence-corrected chi connectivity index (χ0v) is 13.6. The van der Waals surface area contributed by atoms with E-state index in [1.165, 1.54) is 29.2 Å². The number of nitrogens with one attached hydrogen (secondary N) is 1. The third-order valence-corrected chi connectivity index (χ3v) is 4.59. The first kappa shape index (κ1) is 16.3. The Labute approximate surface area is 148 Å². The summed E-state index contributed by atoms with van der Waals surface area (Å²) in [6.07, 6.45) is -0.391. The number of halogens is 1. The van der Waals surface area contributed by atoms with Crippen molar-refractivity contribution < 1.29 is 23.5 Å². The van der Waals surface area contributed by atoms with Gasteiger partial charge in [-0.05, 0) is 36.8 Å². The Bertz CT molecular complexity index is 897. The maximum absolute atomic E-state index is 13.0. The fraction of sp³-hybridized carbons (Fsp3) is 0.211. The number of likely N-dealkylation sites (tertiary alicyclic amines) is 1. The average molecular weight is 354 g/mol. The molecule has 0 bridgehead atoms. The molecule has 26 heavy (non-hydrogen) atoms. The lowest BCUT2D eigenvalue weighted by Gasteiger charge is -2.29. The van der Waals surface area contributed by atoms with E-state index in [2.05, 4.69) is 5.32 Å². The van der Waals surface area contributed by atoms with Crippen LogP contribution >= 0.6 is 0 Å². The van der Waals surface area contributed by atoms with E-state index in [0.717, 1.165) is 0 Å². The molecule has 2 aromatic carbocycles. The van der Waals surface area contributed by atoms with Crippen LogP contribution in [0.2, 0.25) is 0 Å². The summed E-state index contributed by atoms with van der Waals surface area (Å²) in [4.78, 5) is 38.4. The van der Waals surface area contributed by atoms with Crippen molar-refractivity contribution in [3.8, 4) is 0 Å². The minimum absolute atomic E-state index is 0.192. The van der Waals surface area contributed by atoms with Gasteiger partial charge < -0.3 is 10.1 Å². The molecule has 2 atom stereocenters. The Morgan fingerprint density at radius 2 is 1.85 bits per heavy atom. The molecule has 0 radical (unpaired) electrons. The lowest BCUT2D eigenvalue weighted by molar-refractivity contribution is -0.144. The number of hydrogen-bond donors (Lipinski definition) is 1. The predicted molar refractivity (Wildman–Crippen MR) is 89.5 cm³/mol. The molecular weight excluding hydrogens is 339 g/mol. The molecule has 2 amide bonds. The molecule has 7 heteroatoms. The number of hydrogen-bond acceptors (Lipinski definition) is 4. The van der Waals surface area contributed by atoms with Gasteiger partial charge in [-0.1, -0.05) is 18.2 Å². The molecule has 0 saturated carbocycles. The molecule has 1 fully saturated rings. The lowest BCUT2D eigenvalue weighted by Crippen LogP contribution is -2.43. The normalized spacial score (nSPS) is 21.5. The number of anilines is 1. The van der Waals surface area contributed by atoms with Crippen LogP contribution in [0.5, 0.6) is 0 Å². The number of carbonyl (C=O) groups is 3. The van der Waals surface area contributed by atoms with Gasteiger partial charge in [0.2, 0.25) is 18.0 Å². The fourth-order valence-corrected chi connectivity index (χ4v) is 3.35. The summed E-state index contributed by atoms with van der Waals surface area (Å²) in [7, 11) is 0. The van der Waals surface area contributed by atoms with E-state index >= 15 is 0 Å². The van der Waals surface area contributed by atoms with Crippen molar-refractivity contribution in [3.63, 3.8) is 0 Å². The van der Waals surface area contributed by atoms with Crippen molar-refractivity contribution in [1.29, 1.82) is 0 Å². The molecule has 132 valence electrons. The topological polar surface area (TPSA) is 75.7 Å². The highest BCUT2D eigenvalue weighted by molar-refractivity contribution is 6.00. The van der Waals surface area contributed by atoms with Crippen LogP contribution in [0, 0.1) is 5.82 Å². The van der Waals surface area contributed by atoms with Crippen LogP contribution in [0.1, 0.15) is 35.0 Å². The number of amides is 2. The Balaban J connectivity index is 1.59. The van der Waals surface area contributed by atoms with Crippen LogP contribution in [-0.4, -0.2) is 28.7 Å². The van der Waals surface area contributed by atoms with Gasteiger partial charge in [0.05, 0.1) is 5.56 Å². The molecule has 0 aliphatic carbocycles. The predicted octanol–water partition coefficient (Wildman–Crippen LogP) is 2.62. The zero-order chi connectivity index (χ0) is 18.3. The van der Waals surface area contributed by atoms with Crippen LogP contribution in [0.25, 0.3) is 0 Å². The van der Waals surface area contributed by atoms with Crippen molar-refractivity contribution in [1.82, 2.24) is 4.90 Å². The van der Waals surface area contributed by atoms with E-state index in [-0.39, 0.29) is 12.3 Å². The van der Waals surface area contributed by atoms with Gasteiger partial charge in [-0.25, -0.2) is 9.18 Å². The number of nitrogens with zero attached hydrogens (tertiary/aromatic N) is 1. The van der Waals surface area contributed by atoms with Crippen LogP contribution < -0.4 is 5.32 Å². The number of fused-ring (bicyclic) bond motifs is 1. The zero-order valence-electron chi connectivity index (χ0n) is 13.6. The summed E-state index contributed by atoms with van der Waals surface area (Å²) in [5.41, 5.74) is 1.40. The van der Waals surface area contributed by atoms with Crippen LogP contribution in [0.4, 0.5) is 10.1 Å². The number of carbonyl (C=O) groups excluding carboxylic acids is 3. The van der Waals surface area contributed by atoms with Crippen LogP contribution in [0.3, 0.4) is 0 Å². The minimum Gasteiger partial charge on any atom is -0.433 e. The smallest absolute Gasteiger partial charge is 0.340 e. The highest BCUT2D eigenvalue weighted by Gasteiger charge is 2.46. The summed E-state index contributed by atoms with van der Waals surface area (Å²) < 4.78 is 18.4. The SMILES string of the molecule is O=C1OC(N2C(=O)CCC2C(=O)Nc2ccc(F)cc2)c2ccccc21. The minimum atomic E-state index is -0.905. The van der Waals surface area contributed by atoms with E-state index in [4.69, 9.17) is 4.74 Å². The van der Waals surface area contributed by atoms with Gasteiger partial charge in [-0.2, -0.15) is 0 Å². The Hall–Kier alpha value is -3.22. The molecule has 0 aromatic heterocycles. The molecule has 6 nitrogen and oxygen atoms in total. The second kappa shape index (κ2) is 6.25. The average Bonchev–Trinajstić information content (AvgIpc) is 3.17. The van der Waals surface area contributed by atoms with Crippen molar-refractivity contribution in [2.24, 2.45) is 0 Å². The number of ether oxygens (including phenoxy) is 1. The maximum atomic E-state index is 13.0. The molecule has 1 N–H and O–H groups in total. The molecule has 2 aliphatic rings. The monoisotopic (exact) mass is 354 g/mol. The Morgan fingerprint density at radius 1 is 1.12 bits per heavy atom. The molecule has 4 rings (SSSR count). The quantitative estimate of drug-likeness (QED) is 0.860. The largest absolute Gasteiger partial charge is 0.433 e. The summed E-state index contributed by atoms with van der Waals surface area (Å²) in [6, 6.07) is 11.4. The lowest BCUT2D eigenvalue weighted by atomic mass is 10.1. The summed E-state index contributed by atoms with van der Waals surface area (Å²) in [6.45, 7) is 0. The van der Waals surface area contributed by atoms with Gasteiger partial charge in [0, 0.05) is 17.7 Å². The molecule has 2 heterocycles. The van der Waals surface area contributed by atoms with Crippen molar-refractivity contribution in [2.75, 3.05) is 5.32 Å². The van der Waals surface area contributed by atoms with Gasteiger partial charge in [-0.15, -0.1) is 0 Å². The Morgan fingerprint density at radius 3 is 2.62 bits per heavy atom. The van der Waals surface area contributed by atoms with Gasteiger partial charge in [0.15, 0.2) is 0 Å². The van der Waals surface area contributed by atoms with Crippen molar-refractivity contribution >= 4 is 23.5 Å². The first-order valence-corrected chi connectivity index (χ1v) is 8.22. The second-order valence-electron chi connectivity index (χ2n) is 6.20. The van der Waals surface area contributed by atoms with E-state index in [1.807, 2.05) is 0 Å². The molecule has 2 unspecified atom stereocenters. The number of benzene rings is 2. The molecule has 0 spiro atoms. The third-order valence-electron chi connectivity index (χ3n) is 4.59. The van der Waals surface area contributed by atoms with E-state index in [9.17, 15) is 18.8 Å². The summed E-state index contributed by atoms with van der Waals surface area (Å²) in [5, 5.41) is 2.68. The van der Waals surface area contributed by atoms with E-state index in [0.29, 0.717) is 23.2 Å². The molecule has 1 saturated heterocycles. The fourth-order valence-electron chi connectivity index (χ4n) is 3.35. The highest BCUT2D eigenvalue weighted by Crippen LogP contribution is 2.38. The second-order valence-corrected chi connectivity index (χ2v) is 6.20.